The molecule has 0 unspecified atom stereocenters. The summed E-state index contributed by atoms with van der Waals surface area (Å²) in [5.74, 6) is 0. The summed E-state index contributed by atoms with van der Waals surface area (Å²) < 4.78 is 32.3. The van der Waals surface area contributed by atoms with E-state index >= 15 is 0 Å². The van der Waals surface area contributed by atoms with Gasteiger partial charge in [-0.2, -0.15) is 0 Å². The molecule has 6 heteroatoms. The molecule has 0 saturated heterocycles. The third kappa shape index (κ3) is 5.58. The molecule has 1 rings (SSSR count). The van der Waals surface area contributed by atoms with E-state index in [0.717, 1.165) is 12.8 Å². The maximum Gasteiger partial charge on any atom is 0.240 e. The van der Waals surface area contributed by atoms with Gasteiger partial charge >= 0.3 is 0 Å². The number of hydrogen-bond donors (Lipinski definition) is 2. The van der Waals surface area contributed by atoms with Gasteiger partial charge in [0.15, 0.2) is 0 Å². The maximum atomic E-state index is 12.2. The average Bonchev–Trinajstić information content (AvgIpc) is 2.42. The van der Waals surface area contributed by atoms with E-state index in [1.54, 1.807) is 24.3 Å². The second kappa shape index (κ2) is 8.36. The van der Waals surface area contributed by atoms with E-state index in [-0.39, 0.29) is 17.5 Å². The van der Waals surface area contributed by atoms with Crippen molar-refractivity contribution in [2.45, 2.75) is 44.2 Å². The molecule has 0 amide bonds. The molecule has 20 heavy (non-hydrogen) atoms. The van der Waals surface area contributed by atoms with Gasteiger partial charge < -0.3 is 10.5 Å². The zero-order valence-corrected chi connectivity index (χ0v) is 12.9. The quantitative estimate of drug-likeness (QED) is 0.679. The van der Waals surface area contributed by atoms with Gasteiger partial charge in [-0.3, -0.25) is 0 Å². The maximum absolute atomic E-state index is 12.2. The summed E-state index contributed by atoms with van der Waals surface area (Å²) in [7, 11) is -3.48. The molecular weight excluding hydrogens is 276 g/mol. The van der Waals surface area contributed by atoms with Crippen LogP contribution in [0.1, 0.15) is 32.3 Å². The van der Waals surface area contributed by atoms with Crippen molar-refractivity contribution in [3.05, 3.63) is 29.8 Å². The van der Waals surface area contributed by atoms with Gasteiger partial charge in [-0.15, -0.1) is 0 Å². The summed E-state index contributed by atoms with van der Waals surface area (Å²) in [4.78, 5) is 0.265. The molecule has 0 aliphatic carbocycles. The number of nitrogens with two attached hydrogens (primary N) is 1. The molecule has 0 radical (unpaired) electrons. The molecule has 3 N–H and O–H groups in total. The van der Waals surface area contributed by atoms with Crippen LogP contribution in [0.3, 0.4) is 0 Å². The van der Waals surface area contributed by atoms with Crippen molar-refractivity contribution >= 4 is 10.0 Å². The largest absolute Gasteiger partial charge is 0.379 e. The molecule has 0 aliphatic rings. The van der Waals surface area contributed by atoms with E-state index in [1.165, 1.54) is 0 Å². The smallest absolute Gasteiger partial charge is 0.240 e. The lowest BCUT2D eigenvalue weighted by molar-refractivity contribution is 0.0762. The fraction of sp³-hybridized carbons (Fsp3) is 0.571. The van der Waals surface area contributed by atoms with Crippen LogP contribution in [0.2, 0.25) is 0 Å². The van der Waals surface area contributed by atoms with Crippen LogP contribution in [-0.2, 0) is 21.3 Å². The van der Waals surface area contributed by atoms with Gasteiger partial charge in [-0.05, 0) is 38.3 Å². The van der Waals surface area contributed by atoms with Crippen LogP contribution in [0, 0.1) is 0 Å². The highest BCUT2D eigenvalue weighted by molar-refractivity contribution is 7.89. The molecule has 1 aromatic carbocycles. The van der Waals surface area contributed by atoms with Crippen molar-refractivity contribution in [1.82, 2.24) is 4.72 Å². The molecule has 0 saturated carbocycles. The third-order valence-electron chi connectivity index (χ3n) is 2.80. The first kappa shape index (κ1) is 17.1. The Balaban J connectivity index is 2.46. The van der Waals surface area contributed by atoms with Crippen LogP contribution in [0.4, 0.5) is 0 Å². The first-order valence-corrected chi connectivity index (χ1v) is 8.35. The van der Waals surface area contributed by atoms with Crippen molar-refractivity contribution in [2.75, 3.05) is 13.2 Å². The summed E-state index contributed by atoms with van der Waals surface area (Å²) in [6, 6.07) is 6.78. The Hall–Kier alpha value is -0.950. The summed E-state index contributed by atoms with van der Waals surface area (Å²) >= 11 is 0. The number of benzene rings is 1. The fourth-order valence-corrected chi connectivity index (χ4v) is 3.09. The minimum atomic E-state index is -3.48. The number of hydrogen-bond acceptors (Lipinski definition) is 4. The monoisotopic (exact) mass is 300 g/mol. The molecule has 1 aromatic rings. The third-order valence-corrected chi connectivity index (χ3v) is 4.36. The Morgan fingerprint density at radius 1 is 1.25 bits per heavy atom. The molecule has 0 aromatic heterocycles. The summed E-state index contributed by atoms with van der Waals surface area (Å²) in [6.07, 6.45) is 1.79. The van der Waals surface area contributed by atoms with Crippen molar-refractivity contribution in [3.63, 3.8) is 0 Å². The highest BCUT2D eigenvalue weighted by atomic mass is 32.2. The average molecular weight is 300 g/mol. The van der Waals surface area contributed by atoms with Crippen LogP contribution in [0.15, 0.2) is 29.2 Å². The van der Waals surface area contributed by atoms with E-state index in [2.05, 4.69) is 4.72 Å². The molecule has 0 aliphatic heterocycles. The second-order valence-corrected chi connectivity index (χ2v) is 6.57. The van der Waals surface area contributed by atoms with Gasteiger partial charge in [-0.1, -0.05) is 18.2 Å². The minimum absolute atomic E-state index is 0.208. The van der Waals surface area contributed by atoms with Crippen molar-refractivity contribution in [2.24, 2.45) is 5.73 Å². The Morgan fingerprint density at radius 3 is 2.60 bits per heavy atom. The second-order valence-electron chi connectivity index (χ2n) is 4.84. The van der Waals surface area contributed by atoms with Crippen molar-refractivity contribution in [1.29, 1.82) is 0 Å². The van der Waals surface area contributed by atoms with Crippen LogP contribution >= 0.6 is 0 Å². The topological polar surface area (TPSA) is 81.4 Å². The Bertz CT molecular complexity index is 501. The van der Waals surface area contributed by atoms with E-state index < -0.39 is 10.0 Å². The van der Waals surface area contributed by atoms with E-state index in [1.807, 2.05) is 13.8 Å². The van der Waals surface area contributed by atoms with E-state index in [0.29, 0.717) is 18.7 Å². The zero-order valence-electron chi connectivity index (χ0n) is 12.1. The normalized spacial score (nSPS) is 12.0. The molecular formula is C14H24N2O3S. The molecule has 0 atom stereocenters. The first-order valence-electron chi connectivity index (χ1n) is 6.86. The van der Waals surface area contributed by atoms with E-state index in [9.17, 15) is 8.42 Å². The van der Waals surface area contributed by atoms with E-state index in [4.69, 9.17) is 10.5 Å². The first-order chi connectivity index (χ1) is 9.47. The zero-order chi connectivity index (χ0) is 15.0. The molecule has 0 fully saturated rings. The standard InChI is InChI=1S/C14H24N2O3S/c1-12(2)19-10-6-5-9-16-20(17,18)14-8-4-3-7-13(14)11-15/h3-4,7-8,12,16H,5-6,9-11,15H2,1-2H3. The Labute approximate surface area is 121 Å². The Kier molecular flexibility index (Phi) is 7.15. The number of sulfonamides is 1. The number of unbranched alkanes of at least 4 members (excludes halogenated alkanes) is 1. The number of rotatable bonds is 9. The van der Waals surface area contributed by atoms with Gasteiger partial charge in [0.2, 0.25) is 10.0 Å². The summed E-state index contributed by atoms with van der Waals surface area (Å²) in [6.45, 7) is 5.22. The Morgan fingerprint density at radius 2 is 1.95 bits per heavy atom. The van der Waals surface area contributed by atoms with Crippen molar-refractivity contribution < 1.29 is 13.2 Å². The number of ether oxygens (including phenoxy) is 1. The summed E-state index contributed by atoms with van der Waals surface area (Å²) in [5.41, 5.74) is 6.19. The molecule has 0 heterocycles. The highest BCUT2D eigenvalue weighted by Gasteiger charge is 2.16. The predicted molar refractivity (Wildman–Crippen MR) is 79.8 cm³/mol. The van der Waals surface area contributed by atoms with Gasteiger partial charge in [0.1, 0.15) is 0 Å². The molecule has 5 nitrogen and oxygen atoms in total. The lowest BCUT2D eigenvalue weighted by atomic mass is 10.2. The SMILES string of the molecule is CC(C)OCCCCNS(=O)(=O)c1ccccc1CN. The predicted octanol–water partition coefficient (Wildman–Crippen LogP) is 1.63. The van der Waals surface area contributed by atoms with Gasteiger partial charge in [0, 0.05) is 19.7 Å². The lowest BCUT2D eigenvalue weighted by Crippen LogP contribution is -2.26. The van der Waals surface area contributed by atoms with Gasteiger partial charge in [0.25, 0.3) is 0 Å². The highest BCUT2D eigenvalue weighted by Crippen LogP contribution is 2.14. The number of nitrogens with one attached hydrogen (secondary N) is 1. The van der Waals surface area contributed by atoms with Gasteiger partial charge in [0.05, 0.1) is 11.0 Å². The minimum Gasteiger partial charge on any atom is -0.379 e. The summed E-state index contributed by atoms with van der Waals surface area (Å²) in [5, 5.41) is 0. The molecule has 0 bridgehead atoms. The molecule has 114 valence electrons. The fourth-order valence-electron chi connectivity index (χ4n) is 1.77. The van der Waals surface area contributed by atoms with Crippen LogP contribution in [0.5, 0.6) is 0 Å². The van der Waals surface area contributed by atoms with Crippen LogP contribution in [0.25, 0.3) is 0 Å². The molecule has 0 spiro atoms. The van der Waals surface area contributed by atoms with Gasteiger partial charge in [-0.25, -0.2) is 13.1 Å². The van der Waals surface area contributed by atoms with Crippen LogP contribution in [-0.4, -0.2) is 27.7 Å². The van der Waals surface area contributed by atoms with Crippen LogP contribution < -0.4 is 10.5 Å². The van der Waals surface area contributed by atoms with Crippen molar-refractivity contribution in [3.8, 4) is 0 Å². The lowest BCUT2D eigenvalue weighted by Gasteiger charge is -2.11.